The van der Waals surface area contributed by atoms with E-state index in [0.29, 0.717) is 22.4 Å². The largest absolute Gasteiger partial charge is 0.365 e. The van der Waals surface area contributed by atoms with Gasteiger partial charge in [0.1, 0.15) is 5.82 Å². The number of carbonyl (C=O) groups excluding carboxylic acids is 1. The number of hydrogen-bond acceptors (Lipinski definition) is 3. The molecule has 0 atom stereocenters. The fourth-order valence-corrected chi connectivity index (χ4v) is 2.23. The van der Waals surface area contributed by atoms with E-state index < -0.39 is 5.91 Å². The van der Waals surface area contributed by atoms with E-state index in [4.69, 9.17) is 28.9 Å². The van der Waals surface area contributed by atoms with Gasteiger partial charge in [0.2, 0.25) is 0 Å². The van der Waals surface area contributed by atoms with Crippen molar-refractivity contribution in [3.05, 3.63) is 57.7 Å². The molecule has 2 rings (SSSR count). The summed E-state index contributed by atoms with van der Waals surface area (Å²) < 4.78 is 0. The van der Waals surface area contributed by atoms with Crippen molar-refractivity contribution in [1.82, 2.24) is 4.98 Å². The normalized spacial score (nSPS) is 10.3. The van der Waals surface area contributed by atoms with Crippen LogP contribution in [0.5, 0.6) is 0 Å². The van der Waals surface area contributed by atoms with E-state index in [1.807, 2.05) is 31.3 Å². The van der Waals surface area contributed by atoms with Crippen molar-refractivity contribution in [3.8, 4) is 0 Å². The van der Waals surface area contributed by atoms with E-state index in [9.17, 15) is 4.79 Å². The molecule has 2 N–H and O–H groups in total. The Morgan fingerprint density at radius 1 is 1.35 bits per heavy atom. The molecule has 0 saturated carbocycles. The predicted octanol–water partition coefficient (Wildman–Crippen LogP) is 3.12. The fourth-order valence-electron chi connectivity index (χ4n) is 1.87. The minimum atomic E-state index is -0.569. The molecule has 0 saturated heterocycles. The van der Waals surface area contributed by atoms with Crippen LogP contribution in [0.25, 0.3) is 0 Å². The molecule has 2 aromatic rings. The number of nitrogens with zero attached hydrogens (tertiary/aromatic N) is 2. The third-order valence-electron chi connectivity index (χ3n) is 2.83. The third-order valence-corrected chi connectivity index (χ3v) is 3.40. The minimum Gasteiger partial charge on any atom is -0.365 e. The number of amides is 1. The summed E-state index contributed by atoms with van der Waals surface area (Å²) in [5, 5.41) is 1.03. The SMILES string of the molecule is CN(Cc1ccccc1Cl)c1ncc(Cl)cc1C(N)=O. The van der Waals surface area contributed by atoms with Crippen LogP contribution in [-0.2, 0) is 6.54 Å². The number of rotatable bonds is 4. The highest BCUT2D eigenvalue weighted by molar-refractivity contribution is 6.31. The first-order chi connectivity index (χ1) is 9.49. The van der Waals surface area contributed by atoms with Crippen LogP contribution in [0.3, 0.4) is 0 Å². The molecule has 1 heterocycles. The Morgan fingerprint density at radius 2 is 2.05 bits per heavy atom. The summed E-state index contributed by atoms with van der Waals surface area (Å²) in [4.78, 5) is 17.4. The Kier molecular flexibility index (Phi) is 4.47. The lowest BCUT2D eigenvalue weighted by Crippen LogP contribution is -2.23. The lowest BCUT2D eigenvalue weighted by atomic mass is 10.2. The third kappa shape index (κ3) is 3.21. The standard InChI is InChI=1S/C14H13Cl2N3O/c1-19(8-9-4-2-3-5-12(9)16)14-11(13(17)20)6-10(15)7-18-14/h2-7H,8H2,1H3,(H2,17,20). The monoisotopic (exact) mass is 309 g/mol. The van der Waals surface area contributed by atoms with E-state index in [0.717, 1.165) is 5.56 Å². The molecule has 6 heteroatoms. The molecule has 0 spiro atoms. The van der Waals surface area contributed by atoms with Crippen LogP contribution in [0.15, 0.2) is 36.5 Å². The van der Waals surface area contributed by atoms with Crippen molar-refractivity contribution in [2.45, 2.75) is 6.54 Å². The number of nitrogens with two attached hydrogens (primary N) is 1. The molecule has 1 amide bonds. The molecule has 0 aliphatic carbocycles. The van der Waals surface area contributed by atoms with Gasteiger partial charge in [-0.25, -0.2) is 4.98 Å². The highest BCUT2D eigenvalue weighted by Gasteiger charge is 2.15. The first kappa shape index (κ1) is 14.6. The molecule has 20 heavy (non-hydrogen) atoms. The second kappa shape index (κ2) is 6.11. The lowest BCUT2D eigenvalue weighted by molar-refractivity contribution is 0.100. The number of aromatic nitrogens is 1. The van der Waals surface area contributed by atoms with Crippen molar-refractivity contribution in [2.75, 3.05) is 11.9 Å². The van der Waals surface area contributed by atoms with E-state index >= 15 is 0 Å². The van der Waals surface area contributed by atoms with Crippen LogP contribution in [0, 0.1) is 0 Å². The molecule has 1 aromatic heterocycles. The smallest absolute Gasteiger partial charge is 0.252 e. The number of benzene rings is 1. The van der Waals surface area contributed by atoms with Crippen LogP contribution >= 0.6 is 23.2 Å². The van der Waals surface area contributed by atoms with Gasteiger partial charge in [-0.1, -0.05) is 41.4 Å². The molecule has 0 radical (unpaired) electrons. The van der Waals surface area contributed by atoms with E-state index in [1.165, 1.54) is 12.3 Å². The average Bonchev–Trinajstić information content (AvgIpc) is 2.41. The van der Waals surface area contributed by atoms with Crippen molar-refractivity contribution >= 4 is 34.9 Å². The number of hydrogen-bond donors (Lipinski definition) is 1. The van der Waals surface area contributed by atoms with E-state index in [2.05, 4.69) is 4.98 Å². The lowest BCUT2D eigenvalue weighted by Gasteiger charge is -2.21. The minimum absolute atomic E-state index is 0.284. The highest BCUT2D eigenvalue weighted by atomic mass is 35.5. The molecular weight excluding hydrogens is 297 g/mol. The fraction of sp³-hybridized carbons (Fsp3) is 0.143. The zero-order valence-electron chi connectivity index (χ0n) is 10.8. The first-order valence-corrected chi connectivity index (χ1v) is 6.64. The summed E-state index contributed by atoms with van der Waals surface area (Å²) >= 11 is 12.0. The van der Waals surface area contributed by atoms with Crippen molar-refractivity contribution in [1.29, 1.82) is 0 Å². The van der Waals surface area contributed by atoms with Crippen molar-refractivity contribution in [2.24, 2.45) is 5.73 Å². The maximum Gasteiger partial charge on any atom is 0.252 e. The first-order valence-electron chi connectivity index (χ1n) is 5.89. The summed E-state index contributed by atoms with van der Waals surface area (Å²) in [5.41, 5.74) is 6.57. The average molecular weight is 310 g/mol. The van der Waals surface area contributed by atoms with Gasteiger partial charge in [-0.05, 0) is 17.7 Å². The van der Waals surface area contributed by atoms with Crippen molar-refractivity contribution < 1.29 is 4.79 Å². The molecule has 0 bridgehead atoms. The number of pyridine rings is 1. The van der Waals surface area contributed by atoms with Gasteiger partial charge >= 0.3 is 0 Å². The maximum absolute atomic E-state index is 11.5. The summed E-state index contributed by atoms with van der Waals surface area (Å²) in [6.07, 6.45) is 1.48. The van der Waals surface area contributed by atoms with Gasteiger partial charge in [0.15, 0.2) is 0 Å². The van der Waals surface area contributed by atoms with Crippen molar-refractivity contribution in [3.63, 3.8) is 0 Å². The summed E-state index contributed by atoms with van der Waals surface area (Å²) in [7, 11) is 1.81. The molecule has 4 nitrogen and oxygen atoms in total. The second-order valence-corrected chi connectivity index (χ2v) is 5.18. The van der Waals surface area contributed by atoms with Crippen LogP contribution in [0.2, 0.25) is 10.0 Å². The maximum atomic E-state index is 11.5. The molecule has 0 fully saturated rings. The number of anilines is 1. The topological polar surface area (TPSA) is 59.2 Å². The second-order valence-electron chi connectivity index (χ2n) is 4.34. The molecule has 1 aromatic carbocycles. The zero-order chi connectivity index (χ0) is 14.7. The van der Waals surface area contributed by atoms with E-state index in [1.54, 1.807) is 4.90 Å². The quantitative estimate of drug-likeness (QED) is 0.944. The highest BCUT2D eigenvalue weighted by Crippen LogP contribution is 2.23. The summed E-state index contributed by atoms with van der Waals surface area (Å²) in [6, 6.07) is 9.00. The van der Waals surface area contributed by atoms with Gasteiger partial charge in [-0.2, -0.15) is 0 Å². The predicted molar refractivity (Wildman–Crippen MR) is 81.3 cm³/mol. The van der Waals surface area contributed by atoms with Gasteiger partial charge in [-0.3, -0.25) is 4.79 Å². The van der Waals surface area contributed by atoms with Gasteiger partial charge in [-0.15, -0.1) is 0 Å². The van der Waals surface area contributed by atoms with Crippen LogP contribution in [0.4, 0.5) is 5.82 Å². The van der Waals surface area contributed by atoms with Gasteiger partial charge < -0.3 is 10.6 Å². The Morgan fingerprint density at radius 3 is 2.70 bits per heavy atom. The molecule has 0 unspecified atom stereocenters. The molecule has 0 aliphatic rings. The van der Waals surface area contributed by atoms with Crippen LogP contribution in [0.1, 0.15) is 15.9 Å². The zero-order valence-corrected chi connectivity index (χ0v) is 12.3. The van der Waals surface area contributed by atoms with E-state index in [-0.39, 0.29) is 5.56 Å². The van der Waals surface area contributed by atoms with Gasteiger partial charge in [0.25, 0.3) is 5.91 Å². The molecular formula is C14H13Cl2N3O. The summed E-state index contributed by atoms with van der Waals surface area (Å²) in [5.74, 6) is -0.0946. The van der Waals surface area contributed by atoms with Gasteiger partial charge in [0.05, 0.1) is 10.6 Å². The van der Waals surface area contributed by atoms with Crippen LogP contribution < -0.4 is 10.6 Å². The number of primary amides is 1. The Hall–Kier alpha value is -1.78. The Bertz CT molecular complexity index is 646. The molecule has 0 aliphatic heterocycles. The Balaban J connectivity index is 2.32. The van der Waals surface area contributed by atoms with Crippen LogP contribution in [-0.4, -0.2) is 17.9 Å². The van der Waals surface area contributed by atoms with Gasteiger partial charge in [0, 0.05) is 24.8 Å². The summed E-state index contributed by atoms with van der Waals surface area (Å²) in [6.45, 7) is 0.509. The number of halogens is 2. The Labute approximate surface area is 127 Å². The molecule has 104 valence electrons. The number of carbonyl (C=O) groups is 1.